The van der Waals surface area contributed by atoms with Gasteiger partial charge in [0.15, 0.2) is 0 Å². The number of nitrogens with one attached hydrogen (secondary N) is 3. The molecule has 2 unspecified atom stereocenters. The van der Waals surface area contributed by atoms with Gasteiger partial charge in [0.1, 0.15) is 6.04 Å². The van der Waals surface area contributed by atoms with Crippen LogP contribution in [0.4, 0.5) is 5.69 Å². The van der Waals surface area contributed by atoms with Crippen LogP contribution in [0.1, 0.15) is 18.4 Å². The fourth-order valence-electron chi connectivity index (χ4n) is 2.11. The molecule has 2 atom stereocenters. The van der Waals surface area contributed by atoms with E-state index in [1.54, 1.807) is 14.0 Å². The molecule has 18 heavy (non-hydrogen) atoms. The predicted molar refractivity (Wildman–Crippen MR) is 69.3 cm³/mol. The molecule has 0 aromatic heterocycles. The molecule has 1 heterocycles. The predicted octanol–water partition coefficient (Wildman–Crippen LogP) is 0.446. The number of anilines is 1. The highest BCUT2D eigenvalue weighted by atomic mass is 16.2. The third-order valence-electron chi connectivity index (χ3n) is 3.15. The Labute approximate surface area is 106 Å². The van der Waals surface area contributed by atoms with Gasteiger partial charge in [-0.2, -0.15) is 0 Å². The summed E-state index contributed by atoms with van der Waals surface area (Å²) in [5.41, 5.74) is 1.98. The first kappa shape index (κ1) is 12.4. The zero-order chi connectivity index (χ0) is 13.1. The second-order valence-electron chi connectivity index (χ2n) is 4.37. The number of hydrogen-bond acceptors (Lipinski definition) is 3. The Morgan fingerprint density at radius 1 is 1.39 bits per heavy atom. The number of para-hydroxylation sites is 1. The summed E-state index contributed by atoms with van der Waals surface area (Å²) in [6.45, 7) is 2.25. The van der Waals surface area contributed by atoms with Gasteiger partial charge in [-0.25, -0.2) is 0 Å². The lowest BCUT2D eigenvalue weighted by atomic mass is 10.0. The number of carbonyl (C=O) groups is 2. The zero-order valence-corrected chi connectivity index (χ0v) is 10.5. The number of amides is 2. The molecule has 3 N–H and O–H groups in total. The van der Waals surface area contributed by atoms with Gasteiger partial charge in [0.05, 0.1) is 5.92 Å². The molecule has 0 aliphatic carbocycles. The van der Waals surface area contributed by atoms with Crippen LogP contribution in [0.25, 0.3) is 0 Å². The maximum absolute atomic E-state index is 12.1. The van der Waals surface area contributed by atoms with Gasteiger partial charge >= 0.3 is 0 Å². The van der Waals surface area contributed by atoms with Crippen molar-refractivity contribution >= 4 is 17.5 Å². The fourth-order valence-corrected chi connectivity index (χ4v) is 2.11. The largest absolute Gasteiger partial charge is 0.384 e. The van der Waals surface area contributed by atoms with Gasteiger partial charge in [-0.15, -0.1) is 0 Å². The van der Waals surface area contributed by atoms with Crippen molar-refractivity contribution in [2.24, 2.45) is 0 Å². The monoisotopic (exact) mass is 247 g/mol. The van der Waals surface area contributed by atoms with Gasteiger partial charge in [-0.05, 0) is 18.6 Å². The molecule has 1 aromatic carbocycles. The van der Waals surface area contributed by atoms with E-state index in [1.165, 1.54) is 0 Å². The Balaban J connectivity index is 2.06. The number of hydrogen-bond donors (Lipinski definition) is 3. The maximum atomic E-state index is 12.1. The van der Waals surface area contributed by atoms with Gasteiger partial charge in [0.25, 0.3) is 0 Å². The number of rotatable bonds is 3. The number of likely N-dealkylation sites (N-methyl/N-ethyl adjacent to an activating group) is 1. The molecule has 2 rings (SSSR count). The number of benzene rings is 1. The van der Waals surface area contributed by atoms with Crippen LogP contribution in [0, 0.1) is 0 Å². The molecule has 0 radical (unpaired) electrons. The minimum absolute atomic E-state index is 0.122. The van der Waals surface area contributed by atoms with Gasteiger partial charge in [0, 0.05) is 19.3 Å². The SMILES string of the molecule is CNC(=O)C(C)NC(=O)C1CNc2ccccc21. The summed E-state index contributed by atoms with van der Waals surface area (Å²) in [5.74, 6) is -0.542. The Hall–Kier alpha value is -2.04. The molecule has 0 fully saturated rings. The van der Waals surface area contributed by atoms with Gasteiger partial charge in [-0.3, -0.25) is 9.59 Å². The van der Waals surface area contributed by atoms with E-state index in [0.717, 1.165) is 11.3 Å². The zero-order valence-electron chi connectivity index (χ0n) is 10.5. The van der Waals surface area contributed by atoms with Crippen molar-refractivity contribution in [1.29, 1.82) is 0 Å². The average molecular weight is 247 g/mol. The van der Waals surface area contributed by atoms with Crippen LogP contribution in [-0.4, -0.2) is 31.4 Å². The summed E-state index contributed by atoms with van der Waals surface area (Å²) in [6, 6.07) is 7.21. The molecule has 2 amide bonds. The Kier molecular flexibility index (Phi) is 3.50. The van der Waals surface area contributed by atoms with Crippen molar-refractivity contribution < 1.29 is 9.59 Å². The van der Waals surface area contributed by atoms with Crippen LogP contribution in [-0.2, 0) is 9.59 Å². The van der Waals surface area contributed by atoms with E-state index in [1.807, 2.05) is 24.3 Å². The molecule has 1 aliphatic heterocycles. The smallest absolute Gasteiger partial charge is 0.242 e. The van der Waals surface area contributed by atoms with Crippen molar-refractivity contribution in [3.63, 3.8) is 0 Å². The number of fused-ring (bicyclic) bond motifs is 1. The van der Waals surface area contributed by atoms with Crippen LogP contribution < -0.4 is 16.0 Å². The summed E-state index contributed by atoms with van der Waals surface area (Å²) in [5, 5.41) is 8.42. The quantitative estimate of drug-likeness (QED) is 0.726. The minimum atomic E-state index is -0.518. The molecular formula is C13H17N3O2. The molecule has 0 saturated carbocycles. The molecule has 0 saturated heterocycles. The molecule has 96 valence electrons. The third-order valence-corrected chi connectivity index (χ3v) is 3.15. The van der Waals surface area contributed by atoms with E-state index in [-0.39, 0.29) is 17.7 Å². The van der Waals surface area contributed by atoms with Crippen LogP contribution in [0.3, 0.4) is 0 Å². The van der Waals surface area contributed by atoms with E-state index < -0.39 is 6.04 Å². The molecule has 0 bridgehead atoms. The molecule has 5 nitrogen and oxygen atoms in total. The topological polar surface area (TPSA) is 70.2 Å². The second-order valence-corrected chi connectivity index (χ2v) is 4.37. The van der Waals surface area contributed by atoms with E-state index in [0.29, 0.717) is 6.54 Å². The highest BCUT2D eigenvalue weighted by Crippen LogP contribution is 2.30. The van der Waals surface area contributed by atoms with E-state index in [9.17, 15) is 9.59 Å². The van der Waals surface area contributed by atoms with Crippen molar-refractivity contribution in [3.05, 3.63) is 29.8 Å². The summed E-state index contributed by atoms with van der Waals surface area (Å²) < 4.78 is 0. The third kappa shape index (κ3) is 2.30. The lowest BCUT2D eigenvalue weighted by Crippen LogP contribution is -2.45. The van der Waals surface area contributed by atoms with Gasteiger partial charge in [0.2, 0.25) is 11.8 Å². The van der Waals surface area contributed by atoms with Crippen molar-refractivity contribution in [2.45, 2.75) is 18.9 Å². The second kappa shape index (κ2) is 5.08. The van der Waals surface area contributed by atoms with Crippen molar-refractivity contribution in [1.82, 2.24) is 10.6 Å². The average Bonchev–Trinajstić information content (AvgIpc) is 2.81. The van der Waals surface area contributed by atoms with Crippen LogP contribution in [0.5, 0.6) is 0 Å². The Bertz CT molecular complexity index is 473. The summed E-state index contributed by atoms with van der Waals surface area (Å²) in [7, 11) is 1.55. The highest BCUT2D eigenvalue weighted by Gasteiger charge is 2.29. The van der Waals surface area contributed by atoms with E-state index >= 15 is 0 Å². The standard InChI is InChI=1S/C13H17N3O2/c1-8(12(17)14-2)16-13(18)10-7-15-11-6-4-3-5-9(10)11/h3-6,8,10,15H,7H2,1-2H3,(H,14,17)(H,16,18). The summed E-state index contributed by atoms with van der Waals surface area (Å²) in [4.78, 5) is 23.5. The van der Waals surface area contributed by atoms with Crippen molar-refractivity contribution in [3.8, 4) is 0 Å². The van der Waals surface area contributed by atoms with Gasteiger partial charge in [-0.1, -0.05) is 18.2 Å². The lowest BCUT2D eigenvalue weighted by molar-refractivity contribution is -0.128. The molecule has 1 aliphatic rings. The Morgan fingerprint density at radius 2 is 2.11 bits per heavy atom. The first-order chi connectivity index (χ1) is 8.63. The van der Waals surface area contributed by atoms with Crippen LogP contribution in [0.15, 0.2) is 24.3 Å². The maximum Gasteiger partial charge on any atom is 0.242 e. The van der Waals surface area contributed by atoms with Gasteiger partial charge < -0.3 is 16.0 Å². The Morgan fingerprint density at radius 3 is 2.83 bits per heavy atom. The minimum Gasteiger partial charge on any atom is -0.384 e. The van der Waals surface area contributed by atoms with Crippen LogP contribution in [0.2, 0.25) is 0 Å². The first-order valence-electron chi connectivity index (χ1n) is 5.98. The van der Waals surface area contributed by atoms with Crippen LogP contribution >= 0.6 is 0 Å². The first-order valence-corrected chi connectivity index (χ1v) is 5.98. The molecular weight excluding hydrogens is 230 g/mol. The highest BCUT2D eigenvalue weighted by molar-refractivity contribution is 5.92. The molecule has 5 heteroatoms. The normalized spacial score (nSPS) is 18.4. The lowest BCUT2D eigenvalue weighted by Gasteiger charge is -2.15. The fraction of sp³-hybridized carbons (Fsp3) is 0.385. The van der Waals surface area contributed by atoms with E-state index in [4.69, 9.17) is 0 Å². The van der Waals surface area contributed by atoms with E-state index in [2.05, 4.69) is 16.0 Å². The molecule has 1 aromatic rings. The number of carbonyl (C=O) groups excluding carboxylic acids is 2. The summed E-state index contributed by atoms with van der Waals surface area (Å²) in [6.07, 6.45) is 0. The summed E-state index contributed by atoms with van der Waals surface area (Å²) >= 11 is 0. The van der Waals surface area contributed by atoms with Crippen molar-refractivity contribution in [2.75, 3.05) is 18.9 Å². The molecule has 0 spiro atoms.